The molecular weight excluding hydrogens is 910 g/mol. The van der Waals surface area contributed by atoms with Crippen LogP contribution < -0.4 is 26.2 Å². The van der Waals surface area contributed by atoms with Crippen molar-refractivity contribution < 1.29 is 0 Å². The number of aromatic nitrogens is 1. The number of fused-ring (bicyclic) bond motifs is 12. The molecule has 2 aliphatic heterocycles. The Labute approximate surface area is 433 Å². The Bertz CT molecular complexity index is 3970. The summed E-state index contributed by atoms with van der Waals surface area (Å²) in [5, 5.41) is 5.26. The highest BCUT2D eigenvalue weighted by molar-refractivity contribution is 7.27. The minimum Gasteiger partial charge on any atom is -0.311 e. The summed E-state index contributed by atoms with van der Waals surface area (Å²) in [6, 6.07) is 61.4. The molecule has 0 spiro atoms. The second-order valence-electron chi connectivity index (χ2n) is 24.7. The first-order valence-corrected chi connectivity index (χ1v) is 27.4. The largest absolute Gasteiger partial charge is 0.311 e. The number of nitrogens with zero attached hydrogens (tertiary/aromatic N) is 3. The molecule has 6 heteroatoms. The van der Waals surface area contributed by atoms with E-state index >= 15 is 0 Å². The fraction of sp³-hybridized carbons (Fsp3) is 0.242. The number of hydrogen-bond acceptors (Lipinski definition) is 4. The summed E-state index contributed by atoms with van der Waals surface area (Å²) < 4.78 is 7.98. The standard InChI is InChI=1S/C66H62BN3S2/c1-63(2,3)39-24-29-43(30-25-39)68(44-31-26-40(27-32-44)64(4,5)6)45-37-53-59-54(38-45)70-60-48(62-61(70)47-19-14-16-22-56(47)72-62)34-42(66(10,11)12)35-50(60)67(59)49-33-28-41(65(7,8)9)36-52(49)69(53)51-20-17-23-57-58(51)46-18-13-15-21-55(46)71-57/h13-38H,1-12H3. The SMILES string of the molecule is CC(C)(C)c1ccc(N(c2ccc(C(C)(C)C)cc2)c2cc3c4c(c2)-n2c5c(cc(C(C)(C)C)cc5c5sc6ccccc6c52)B4c2ccc(C(C)(C)C)cc2N3c2cccc3sc4ccccc4c23)cc1. The van der Waals surface area contributed by atoms with Gasteiger partial charge < -0.3 is 14.4 Å². The zero-order valence-electron chi connectivity index (χ0n) is 43.7. The van der Waals surface area contributed by atoms with Crippen LogP contribution in [0.1, 0.15) is 105 Å². The molecule has 0 atom stereocenters. The maximum Gasteiger partial charge on any atom is 0.252 e. The lowest BCUT2D eigenvalue weighted by Crippen LogP contribution is -2.60. The molecule has 0 saturated heterocycles. The number of benzene rings is 8. The molecule has 0 fully saturated rings. The molecule has 0 bridgehead atoms. The Morgan fingerprint density at radius 3 is 1.57 bits per heavy atom. The highest BCUT2D eigenvalue weighted by Gasteiger charge is 2.44. The van der Waals surface area contributed by atoms with Crippen LogP contribution in [0.4, 0.5) is 34.1 Å². The van der Waals surface area contributed by atoms with Gasteiger partial charge in [-0.2, -0.15) is 0 Å². The van der Waals surface area contributed by atoms with Gasteiger partial charge in [0.2, 0.25) is 0 Å². The lowest BCUT2D eigenvalue weighted by Gasteiger charge is -2.42. The summed E-state index contributed by atoms with van der Waals surface area (Å²) in [5.41, 5.74) is 20.3. The Morgan fingerprint density at radius 2 is 0.944 bits per heavy atom. The first-order chi connectivity index (χ1) is 34.2. The van der Waals surface area contributed by atoms with Gasteiger partial charge in [-0.05, 0) is 133 Å². The number of anilines is 6. The van der Waals surface area contributed by atoms with Crippen LogP contribution in [0.25, 0.3) is 57.1 Å². The average molecular weight is 972 g/mol. The van der Waals surface area contributed by atoms with Crippen molar-refractivity contribution in [3.63, 3.8) is 0 Å². The minimum atomic E-state index is -0.0730. The van der Waals surface area contributed by atoms with Gasteiger partial charge >= 0.3 is 0 Å². The summed E-state index contributed by atoms with van der Waals surface area (Å²) in [4.78, 5) is 5.20. The van der Waals surface area contributed by atoms with E-state index < -0.39 is 0 Å². The van der Waals surface area contributed by atoms with Crippen molar-refractivity contribution in [1.82, 2.24) is 4.57 Å². The molecule has 8 aromatic carbocycles. The van der Waals surface area contributed by atoms with E-state index in [1.807, 2.05) is 22.7 Å². The molecule has 0 amide bonds. The lowest BCUT2D eigenvalue weighted by atomic mass is 9.33. The van der Waals surface area contributed by atoms with Crippen LogP contribution in [0, 0.1) is 0 Å². The van der Waals surface area contributed by atoms with Gasteiger partial charge in [-0.25, -0.2) is 0 Å². The van der Waals surface area contributed by atoms with Crippen molar-refractivity contribution in [3.8, 4) is 5.69 Å². The summed E-state index contributed by atoms with van der Waals surface area (Å²) in [7, 11) is 0. The molecule has 3 aromatic heterocycles. The van der Waals surface area contributed by atoms with E-state index in [0.29, 0.717) is 0 Å². The van der Waals surface area contributed by atoms with E-state index in [4.69, 9.17) is 0 Å². The zero-order valence-corrected chi connectivity index (χ0v) is 45.4. The van der Waals surface area contributed by atoms with Crippen LogP contribution in [0.15, 0.2) is 158 Å². The Balaban J connectivity index is 1.22. The highest BCUT2D eigenvalue weighted by atomic mass is 32.1. The van der Waals surface area contributed by atoms with E-state index in [1.54, 1.807) is 0 Å². The van der Waals surface area contributed by atoms with Crippen molar-refractivity contribution in [3.05, 3.63) is 180 Å². The average Bonchev–Trinajstić information content (AvgIpc) is 4.01. The third-order valence-corrected chi connectivity index (χ3v) is 18.1. The van der Waals surface area contributed by atoms with Crippen LogP contribution in [-0.4, -0.2) is 11.3 Å². The molecule has 5 heterocycles. The molecule has 0 unspecified atom stereocenters. The first kappa shape index (κ1) is 45.3. The Kier molecular flexibility index (Phi) is 9.72. The number of thiophene rings is 2. The molecule has 11 aromatic rings. The van der Waals surface area contributed by atoms with Crippen LogP contribution in [0.5, 0.6) is 0 Å². The topological polar surface area (TPSA) is 11.4 Å². The third kappa shape index (κ3) is 6.81. The number of hydrogen-bond donors (Lipinski definition) is 0. The zero-order chi connectivity index (χ0) is 50.0. The Hall–Kier alpha value is -6.60. The predicted octanol–water partition coefficient (Wildman–Crippen LogP) is 17.6. The number of rotatable bonds is 4. The van der Waals surface area contributed by atoms with Gasteiger partial charge in [-0.3, -0.25) is 0 Å². The molecule has 0 N–H and O–H groups in total. The van der Waals surface area contributed by atoms with Gasteiger partial charge in [0.25, 0.3) is 6.71 Å². The van der Waals surface area contributed by atoms with Gasteiger partial charge in [-0.1, -0.05) is 168 Å². The second-order valence-corrected chi connectivity index (χ2v) is 26.8. The van der Waals surface area contributed by atoms with Crippen molar-refractivity contribution in [2.45, 2.75) is 105 Å². The van der Waals surface area contributed by atoms with Crippen molar-refractivity contribution in [1.29, 1.82) is 0 Å². The van der Waals surface area contributed by atoms with Crippen LogP contribution in [-0.2, 0) is 21.7 Å². The molecular formula is C66H62BN3S2. The summed E-state index contributed by atoms with van der Waals surface area (Å²) in [6.07, 6.45) is 0. The third-order valence-electron chi connectivity index (χ3n) is 15.8. The maximum absolute atomic E-state index is 2.70. The summed E-state index contributed by atoms with van der Waals surface area (Å²) in [6.45, 7) is 28.0. The molecule has 0 aliphatic carbocycles. The predicted molar refractivity (Wildman–Crippen MR) is 318 cm³/mol. The summed E-state index contributed by atoms with van der Waals surface area (Å²) >= 11 is 3.84. The van der Waals surface area contributed by atoms with Gasteiger partial charge in [0.05, 0.1) is 27.1 Å². The van der Waals surface area contributed by atoms with E-state index in [2.05, 4.69) is 255 Å². The van der Waals surface area contributed by atoms with E-state index in [1.165, 1.54) is 113 Å². The van der Waals surface area contributed by atoms with Crippen molar-refractivity contribution in [2.75, 3.05) is 9.80 Å². The monoisotopic (exact) mass is 971 g/mol. The normalized spacial score (nSPS) is 13.8. The van der Waals surface area contributed by atoms with E-state index in [9.17, 15) is 0 Å². The lowest BCUT2D eigenvalue weighted by molar-refractivity contribution is 0.590. The van der Waals surface area contributed by atoms with Gasteiger partial charge in [-0.15, -0.1) is 22.7 Å². The fourth-order valence-corrected chi connectivity index (χ4v) is 14.2. The first-order valence-electron chi connectivity index (χ1n) is 25.8. The molecule has 72 heavy (non-hydrogen) atoms. The molecule has 2 aliphatic rings. The van der Waals surface area contributed by atoms with Crippen molar-refractivity contribution in [2.24, 2.45) is 0 Å². The maximum atomic E-state index is 2.70. The summed E-state index contributed by atoms with van der Waals surface area (Å²) in [5.74, 6) is 0. The van der Waals surface area contributed by atoms with Crippen LogP contribution in [0.2, 0.25) is 0 Å². The molecule has 356 valence electrons. The molecule has 0 saturated carbocycles. The van der Waals surface area contributed by atoms with Crippen molar-refractivity contribution >= 4 is 131 Å². The van der Waals surface area contributed by atoms with E-state index in [0.717, 1.165) is 17.1 Å². The van der Waals surface area contributed by atoms with E-state index in [-0.39, 0.29) is 28.4 Å². The smallest absolute Gasteiger partial charge is 0.252 e. The van der Waals surface area contributed by atoms with Crippen LogP contribution in [0.3, 0.4) is 0 Å². The van der Waals surface area contributed by atoms with Gasteiger partial charge in [0.1, 0.15) is 0 Å². The quantitative estimate of drug-likeness (QED) is 0.163. The Morgan fingerprint density at radius 1 is 0.389 bits per heavy atom. The van der Waals surface area contributed by atoms with Gasteiger partial charge in [0.15, 0.2) is 0 Å². The van der Waals surface area contributed by atoms with Crippen LogP contribution >= 0.6 is 22.7 Å². The highest BCUT2D eigenvalue weighted by Crippen LogP contribution is 2.51. The molecule has 13 rings (SSSR count). The molecule has 3 nitrogen and oxygen atoms in total. The second kappa shape index (κ2) is 15.5. The van der Waals surface area contributed by atoms with Gasteiger partial charge in [0, 0.05) is 64.1 Å². The minimum absolute atomic E-state index is 0.0131. The molecule has 0 radical (unpaired) electrons. The fourth-order valence-electron chi connectivity index (χ4n) is 11.9.